The fourth-order valence-corrected chi connectivity index (χ4v) is 2.66. The Morgan fingerprint density at radius 1 is 1.38 bits per heavy atom. The van der Waals surface area contributed by atoms with E-state index < -0.39 is 6.04 Å². The molecule has 1 aromatic rings. The molecule has 6 nitrogen and oxygen atoms in total. The van der Waals surface area contributed by atoms with Crippen molar-refractivity contribution >= 4 is 24.2 Å². The Bertz CT molecular complexity index is 555. The van der Waals surface area contributed by atoms with Crippen LogP contribution in [0.1, 0.15) is 20.3 Å². The summed E-state index contributed by atoms with van der Waals surface area (Å²) in [6.07, 6.45) is 0.896. The van der Waals surface area contributed by atoms with Crippen molar-refractivity contribution in [2.45, 2.75) is 26.3 Å². The van der Waals surface area contributed by atoms with E-state index in [0.717, 1.165) is 6.42 Å². The van der Waals surface area contributed by atoms with Crippen molar-refractivity contribution in [2.75, 3.05) is 26.2 Å². The van der Waals surface area contributed by atoms with E-state index in [1.807, 2.05) is 18.2 Å². The molecule has 1 aliphatic rings. The Morgan fingerprint density at radius 3 is 2.62 bits per heavy atom. The van der Waals surface area contributed by atoms with E-state index in [-0.39, 0.29) is 36.2 Å². The first-order valence-electron chi connectivity index (χ1n) is 7.89. The lowest BCUT2D eigenvalue weighted by molar-refractivity contribution is -0.135. The monoisotopic (exact) mass is 355 g/mol. The molecular weight excluding hydrogens is 330 g/mol. The molecule has 0 bridgehead atoms. The molecule has 3 N–H and O–H groups in total. The number of amides is 2. The van der Waals surface area contributed by atoms with Gasteiger partial charge in [0.2, 0.25) is 5.91 Å². The van der Waals surface area contributed by atoms with Crippen molar-refractivity contribution in [3.05, 3.63) is 30.3 Å². The van der Waals surface area contributed by atoms with Gasteiger partial charge in [0.1, 0.15) is 11.8 Å². The minimum absolute atomic E-state index is 0. The fraction of sp³-hybridized carbons (Fsp3) is 0.529. The van der Waals surface area contributed by atoms with Gasteiger partial charge in [-0.05, 0) is 37.4 Å². The number of para-hydroxylation sites is 1. The van der Waals surface area contributed by atoms with E-state index in [1.165, 1.54) is 0 Å². The predicted molar refractivity (Wildman–Crippen MR) is 95.1 cm³/mol. The second-order valence-electron chi connectivity index (χ2n) is 6.42. The molecule has 0 radical (unpaired) electrons. The number of nitrogens with zero attached hydrogens (tertiary/aromatic N) is 1. The van der Waals surface area contributed by atoms with E-state index in [0.29, 0.717) is 25.4 Å². The van der Waals surface area contributed by atoms with Crippen LogP contribution < -0.4 is 15.8 Å². The second-order valence-corrected chi connectivity index (χ2v) is 6.42. The van der Waals surface area contributed by atoms with E-state index in [1.54, 1.807) is 24.0 Å². The lowest BCUT2D eigenvalue weighted by Gasteiger charge is -2.25. The second kappa shape index (κ2) is 8.89. The van der Waals surface area contributed by atoms with Crippen LogP contribution in [-0.4, -0.2) is 49.0 Å². The molecule has 1 aliphatic heterocycles. The SMILES string of the molecule is CC(NC(=O)COc1ccccc1)C(=O)N1CCC(C)(CN)C1.Cl. The summed E-state index contributed by atoms with van der Waals surface area (Å²) in [4.78, 5) is 26.1. The average Bonchev–Trinajstić information content (AvgIpc) is 2.96. The van der Waals surface area contributed by atoms with Crippen molar-refractivity contribution in [2.24, 2.45) is 11.1 Å². The van der Waals surface area contributed by atoms with Crippen LogP contribution in [0.25, 0.3) is 0 Å². The standard InChI is InChI=1S/C17H25N3O3.ClH/c1-13(16(22)20-9-8-17(2,11-18)12-20)19-15(21)10-23-14-6-4-3-5-7-14;/h3-7,13H,8-12,18H2,1-2H3,(H,19,21);1H. The molecule has 0 spiro atoms. The van der Waals surface area contributed by atoms with Gasteiger partial charge >= 0.3 is 0 Å². The van der Waals surface area contributed by atoms with Crippen LogP contribution in [0.5, 0.6) is 5.75 Å². The van der Waals surface area contributed by atoms with Gasteiger partial charge < -0.3 is 20.7 Å². The van der Waals surface area contributed by atoms with Gasteiger partial charge in [0.25, 0.3) is 5.91 Å². The maximum absolute atomic E-state index is 12.4. The summed E-state index contributed by atoms with van der Waals surface area (Å²) in [7, 11) is 0. The molecule has 134 valence electrons. The first-order valence-corrected chi connectivity index (χ1v) is 7.89. The molecule has 24 heavy (non-hydrogen) atoms. The molecule has 0 aromatic heterocycles. The van der Waals surface area contributed by atoms with E-state index in [2.05, 4.69) is 12.2 Å². The third-order valence-corrected chi connectivity index (χ3v) is 4.22. The van der Waals surface area contributed by atoms with Crippen LogP contribution in [0.4, 0.5) is 0 Å². The minimum Gasteiger partial charge on any atom is -0.484 e. The molecule has 1 aromatic carbocycles. The number of carbonyl (C=O) groups excluding carboxylic acids is 2. The number of carbonyl (C=O) groups is 2. The lowest BCUT2D eigenvalue weighted by atomic mass is 9.90. The Kier molecular flexibility index (Phi) is 7.51. The molecule has 2 amide bonds. The van der Waals surface area contributed by atoms with E-state index in [4.69, 9.17) is 10.5 Å². The number of hydrogen-bond acceptors (Lipinski definition) is 4. The summed E-state index contributed by atoms with van der Waals surface area (Å²) in [5, 5.41) is 2.69. The Balaban J connectivity index is 0.00000288. The zero-order valence-corrected chi connectivity index (χ0v) is 15.0. The Morgan fingerprint density at radius 2 is 2.04 bits per heavy atom. The number of nitrogens with two attached hydrogens (primary N) is 1. The molecule has 0 saturated carbocycles. The largest absolute Gasteiger partial charge is 0.484 e. The average molecular weight is 356 g/mol. The van der Waals surface area contributed by atoms with Crippen molar-refractivity contribution in [3.8, 4) is 5.75 Å². The highest BCUT2D eigenvalue weighted by molar-refractivity contribution is 5.88. The third kappa shape index (κ3) is 5.39. The summed E-state index contributed by atoms with van der Waals surface area (Å²) >= 11 is 0. The quantitative estimate of drug-likeness (QED) is 0.802. The maximum atomic E-state index is 12.4. The number of benzene rings is 1. The molecule has 1 heterocycles. The first kappa shape index (κ1) is 20.3. The number of hydrogen-bond donors (Lipinski definition) is 2. The van der Waals surface area contributed by atoms with Gasteiger partial charge in [-0.2, -0.15) is 0 Å². The summed E-state index contributed by atoms with van der Waals surface area (Å²) in [5.41, 5.74) is 5.74. The molecule has 7 heteroatoms. The summed E-state index contributed by atoms with van der Waals surface area (Å²) < 4.78 is 5.37. The fourth-order valence-electron chi connectivity index (χ4n) is 2.66. The summed E-state index contributed by atoms with van der Waals surface area (Å²) in [6.45, 7) is 5.55. The lowest BCUT2D eigenvalue weighted by Crippen LogP contribution is -2.48. The maximum Gasteiger partial charge on any atom is 0.258 e. The zero-order chi connectivity index (χ0) is 16.9. The Labute approximate surface area is 149 Å². The topological polar surface area (TPSA) is 84.7 Å². The number of nitrogens with one attached hydrogen (secondary N) is 1. The van der Waals surface area contributed by atoms with Gasteiger partial charge in [0, 0.05) is 13.1 Å². The van der Waals surface area contributed by atoms with E-state index in [9.17, 15) is 9.59 Å². The van der Waals surface area contributed by atoms with Crippen LogP contribution in [-0.2, 0) is 9.59 Å². The smallest absolute Gasteiger partial charge is 0.258 e. The molecule has 1 fully saturated rings. The Hall–Kier alpha value is -1.79. The van der Waals surface area contributed by atoms with Crippen LogP contribution in [0.3, 0.4) is 0 Å². The van der Waals surface area contributed by atoms with Crippen molar-refractivity contribution in [3.63, 3.8) is 0 Å². The number of likely N-dealkylation sites (tertiary alicyclic amines) is 1. The first-order chi connectivity index (χ1) is 10.9. The highest BCUT2D eigenvalue weighted by atomic mass is 35.5. The van der Waals surface area contributed by atoms with Gasteiger partial charge in [-0.15, -0.1) is 12.4 Å². The van der Waals surface area contributed by atoms with Crippen LogP contribution >= 0.6 is 12.4 Å². The molecule has 2 unspecified atom stereocenters. The minimum atomic E-state index is -0.568. The molecular formula is C17H26ClN3O3. The summed E-state index contributed by atoms with van der Waals surface area (Å²) in [5.74, 6) is 0.241. The number of halogens is 1. The molecule has 2 atom stereocenters. The van der Waals surface area contributed by atoms with Crippen molar-refractivity contribution < 1.29 is 14.3 Å². The van der Waals surface area contributed by atoms with Crippen LogP contribution in [0.2, 0.25) is 0 Å². The van der Waals surface area contributed by atoms with Crippen molar-refractivity contribution in [1.29, 1.82) is 0 Å². The predicted octanol–water partition coefficient (Wildman–Crippen LogP) is 1.19. The van der Waals surface area contributed by atoms with Crippen molar-refractivity contribution in [1.82, 2.24) is 10.2 Å². The normalized spacial score (nSPS) is 20.9. The summed E-state index contributed by atoms with van der Waals surface area (Å²) in [6, 6.07) is 8.53. The van der Waals surface area contributed by atoms with Gasteiger partial charge in [0.05, 0.1) is 0 Å². The number of rotatable bonds is 6. The van der Waals surface area contributed by atoms with E-state index >= 15 is 0 Å². The van der Waals surface area contributed by atoms with Crippen LogP contribution in [0, 0.1) is 5.41 Å². The van der Waals surface area contributed by atoms with Crippen LogP contribution in [0.15, 0.2) is 30.3 Å². The molecule has 0 aliphatic carbocycles. The van der Waals surface area contributed by atoms with Gasteiger partial charge in [0.15, 0.2) is 6.61 Å². The third-order valence-electron chi connectivity index (χ3n) is 4.22. The van der Waals surface area contributed by atoms with Gasteiger partial charge in [-0.3, -0.25) is 9.59 Å². The number of ether oxygens (including phenoxy) is 1. The highest BCUT2D eigenvalue weighted by Crippen LogP contribution is 2.28. The molecule has 2 rings (SSSR count). The molecule has 1 saturated heterocycles. The highest BCUT2D eigenvalue weighted by Gasteiger charge is 2.36. The van der Waals surface area contributed by atoms with Gasteiger partial charge in [-0.1, -0.05) is 25.1 Å². The van der Waals surface area contributed by atoms with Gasteiger partial charge in [-0.25, -0.2) is 0 Å². The zero-order valence-electron chi connectivity index (χ0n) is 14.2.